The fourth-order valence-electron chi connectivity index (χ4n) is 3.96. The number of carbonyl (C=O) groups is 1. The number of rotatable bonds is 14. The topological polar surface area (TPSA) is 26.3 Å². The number of hydrogen-bond donors (Lipinski definition) is 0. The van der Waals surface area contributed by atoms with Gasteiger partial charge in [0.25, 0.3) is 0 Å². The minimum absolute atomic E-state index is 0.205. The van der Waals surface area contributed by atoms with Gasteiger partial charge in [0, 0.05) is 6.42 Å². The molecule has 22 heteroatoms. The molecule has 0 aromatic carbocycles. The van der Waals surface area contributed by atoms with Crippen LogP contribution in [0.25, 0.3) is 0 Å². The van der Waals surface area contributed by atoms with E-state index in [2.05, 4.69) is 4.74 Å². The van der Waals surface area contributed by atoms with Gasteiger partial charge in [0.2, 0.25) is 0 Å². The van der Waals surface area contributed by atoms with E-state index in [4.69, 9.17) is 0 Å². The van der Waals surface area contributed by atoms with Crippen molar-refractivity contribution in [1.29, 1.82) is 0 Å². The Morgan fingerprint density at radius 2 is 0.907 bits per heavy atom. The predicted octanol–water partition coefficient (Wildman–Crippen LogP) is 9.12. The van der Waals surface area contributed by atoms with Gasteiger partial charge in [-0.2, -0.15) is 79.0 Å². The van der Waals surface area contributed by atoms with Crippen LogP contribution in [0.1, 0.15) is 45.4 Å². The number of esters is 1. The van der Waals surface area contributed by atoms with Crippen LogP contribution < -0.4 is 0 Å². The first-order valence-electron chi connectivity index (χ1n) is 11.7. The summed E-state index contributed by atoms with van der Waals surface area (Å²) < 4.78 is 272. The molecule has 2 nitrogen and oxygen atoms in total. The Bertz CT molecular complexity index is 968. The van der Waals surface area contributed by atoms with Crippen molar-refractivity contribution in [3.8, 4) is 0 Å². The second-order valence-electron chi connectivity index (χ2n) is 9.81. The van der Waals surface area contributed by atoms with Gasteiger partial charge in [0.15, 0.2) is 6.61 Å². The summed E-state index contributed by atoms with van der Waals surface area (Å²) in [5.41, 5.74) is 0. The minimum atomic E-state index is -9.07. The standard InChI is InChI=1S/C21H20F20O2/c1-2-9-3-5-10(6-4-9)7-11(42)43-8-13(24,25)15(28,29)17(32,33)19(36,37)21(40,41)20(38,39)18(34,35)16(30,31)14(26,27)12(22)23/h9-10,12H,2-8H2,1H3. The molecule has 0 heterocycles. The van der Waals surface area contributed by atoms with E-state index in [1.54, 1.807) is 0 Å². The molecule has 0 aromatic rings. The summed E-state index contributed by atoms with van der Waals surface area (Å²) in [4.78, 5) is 11.7. The summed E-state index contributed by atoms with van der Waals surface area (Å²) in [7, 11) is 0. The Balaban J connectivity index is 3.34. The van der Waals surface area contributed by atoms with Crippen LogP contribution in [0, 0.1) is 11.8 Å². The lowest BCUT2D eigenvalue weighted by Gasteiger charge is -2.44. The first kappa shape index (κ1) is 39.1. The van der Waals surface area contributed by atoms with Gasteiger partial charge in [-0.25, -0.2) is 8.78 Å². The van der Waals surface area contributed by atoms with Gasteiger partial charge in [-0.05, 0) is 24.7 Å². The molecule has 0 aliphatic heterocycles. The summed E-state index contributed by atoms with van der Waals surface area (Å²) in [6.45, 7) is -1.50. The van der Waals surface area contributed by atoms with Gasteiger partial charge in [-0.1, -0.05) is 26.2 Å². The molecule has 1 aliphatic rings. The Morgan fingerprint density at radius 1 is 0.581 bits per heavy atom. The van der Waals surface area contributed by atoms with E-state index in [0.717, 1.165) is 0 Å². The van der Waals surface area contributed by atoms with Gasteiger partial charge in [0.05, 0.1) is 0 Å². The molecule has 0 atom stereocenters. The summed E-state index contributed by atoms with van der Waals surface area (Å²) in [5, 5.41) is 0. The van der Waals surface area contributed by atoms with Crippen molar-refractivity contribution >= 4 is 5.97 Å². The van der Waals surface area contributed by atoms with Crippen molar-refractivity contribution in [2.45, 2.75) is 105 Å². The largest absolute Gasteiger partial charge is 0.459 e. The zero-order chi connectivity index (χ0) is 34.5. The van der Waals surface area contributed by atoms with E-state index in [9.17, 15) is 92.6 Å². The highest BCUT2D eigenvalue weighted by Gasteiger charge is 2.96. The normalized spacial score (nSPS) is 20.9. The lowest BCUT2D eigenvalue weighted by atomic mass is 9.79. The second kappa shape index (κ2) is 11.8. The molecule has 1 saturated carbocycles. The van der Waals surface area contributed by atoms with E-state index in [0.29, 0.717) is 19.3 Å². The zero-order valence-electron chi connectivity index (χ0n) is 21.1. The van der Waals surface area contributed by atoms with E-state index < -0.39 is 84.6 Å². The molecule has 1 fully saturated rings. The molecular weight excluding hydrogens is 664 g/mol. The van der Waals surface area contributed by atoms with E-state index in [1.165, 1.54) is 0 Å². The van der Waals surface area contributed by atoms with Gasteiger partial charge in [0.1, 0.15) is 0 Å². The number of halogens is 20. The lowest BCUT2D eigenvalue weighted by Crippen LogP contribution is -2.76. The first-order valence-corrected chi connectivity index (χ1v) is 11.7. The highest BCUT2D eigenvalue weighted by atomic mass is 19.4. The SMILES string of the molecule is CCC1CCC(CC(=O)OCC(F)(F)C(F)(F)C(F)(F)C(F)(F)C(F)(F)C(F)(F)C(F)(F)C(F)(F)C(F)(F)C(F)F)CC1. The molecule has 0 saturated heterocycles. The van der Waals surface area contributed by atoms with Gasteiger partial charge in [-0.15, -0.1) is 0 Å². The van der Waals surface area contributed by atoms with Crippen molar-refractivity contribution in [2.24, 2.45) is 11.8 Å². The fraction of sp³-hybridized carbons (Fsp3) is 0.952. The van der Waals surface area contributed by atoms with Crippen LogP contribution in [0.4, 0.5) is 87.8 Å². The molecule has 1 aliphatic carbocycles. The Kier molecular flexibility index (Phi) is 10.7. The maximum atomic E-state index is 13.9. The number of alkyl halides is 20. The molecular formula is C21H20F20O2. The fourth-order valence-corrected chi connectivity index (χ4v) is 3.96. The first-order chi connectivity index (χ1) is 18.8. The van der Waals surface area contributed by atoms with Crippen molar-refractivity contribution < 1.29 is 97.3 Å². The molecule has 0 aromatic heterocycles. The third-order valence-electron chi connectivity index (χ3n) is 6.93. The van der Waals surface area contributed by atoms with Gasteiger partial charge < -0.3 is 4.74 Å². The van der Waals surface area contributed by atoms with Crippen molar-refractivity contribution in [2.75, 3.05) is 6.61 Å². The Hall–Kier alpha value is -1.93. The minimum Gasteiger partial charge on any atom is -0.459 e. The Labute approximate surface area is 228 Å². The Morgan fingerprint density at radius 3 is 1.26 bits per heavy atom. The average Bonchev–Trinajstić information content (AvgIpc) is 2.86. The second-order valence-corrected chi connectivity index (χ2v) is 9.81. The van der Waals surface area contributed by atoms with Crippen LogP contribution in [0.2, 0.25) is 0 Å². The molecule has 256 valence electrons. The third kappa shape index (κ3) is 6.04. The summed E-state index contributed by atoms with van der Waals surface area (Å²) >= 11 is 0. The quantitative estimate of drug-likeness (QED) is 0.135. The van der Waals surface area contributed by atoms with Crippen molar-refractivity contribution in [3.05, 3.63) is 0 Å². The predicted molar refractivity (Wildman–Crippen MR) is 102 cm³/mol. The molecule has 43 heavy (non-hydrogen) atoms. The maximum Gasteiger partial charge on any atom is 0.385 e. The highest BCUT2D eigenvalue weighted by Crippen LogP contribution is 2.65. The van der Waals surface area contributed by atoms with Gasteiger partial charge >= 0.3 is 65.7 Å². The summed E-state index contributed by atoms with van der Waals surface area (Å²) in [6, 6.07) is 0. The van der Waals surface area contributed by atoms with Crippen molar-refractivity contribution in [3.63, 3.8) is 0 Å². The monoisotopic (exact) mass is 684 g/mol. The van der Waals surface area contributed by atoms with Crippen LogP contribution in [0.5, 0.6) is 0 Å². The zero-order valence-corrected chi connectivity index (χ0v) is 21.1. The average molecular weight is 684 g/mol. The van der Waals surface area contributed by atoms with E-state index in [-0.39, 0.29) is 18.8 Å². The summed E-state index contributed by atoms with van der Waals surface area (Å²) in [6.07, 6.45) is -4.67. The lowest BCUT2D eigenvalue weighted by molar-refractivity contribution is -0.465. The van der Waals surface area contributed by atoms with Crippen LogP contribution >= 0.6 is 0 Å². The van der Waals surface area contributed by atoms with Crippen LogP contribution in [-0.2, 0) is 9.53 Å². The van der Waals surface area contributed by atoms with E-state index in [1.807, 2.05) is 6.92 Å². The number of hydrogen-bond acceptors (Lipinski definition) is 2. The molecule has 0 amide bonds. The molecule has 0 radical (unpaired) electrons. The number of carbonyl (C=O) groups excluding carboxylic acids is 1. The molecule has 0 unspecified atom stereocenters. The van der Waals surface area contributed by atoms with Crippen LogP contribution in [0.15, 0.2) is 0 Å². The highest BCUT2D eigenvalue weighted by molar-refractivity contribution is 5.69. The number of ether oxygens (including phenoxy) is 1. The third-order valence-corrected chi connectivity index (χ3v) is 6.93. The van der Waals surface area contributed by atoms with E-state index >= 15 is 0 Å². The summed E-state index contributed by atoms with van der Waals surface area (Å²) in [5.74, 6) is -78.0. The molecule has 0 N–H and O–H groups in total. The smallest absolute Gasteiger partial charge is 0.385 e. The molecule has 0 spiro atoms. The van der Waals surface area contributed by atoms with Crippen LogP contribution in [-0.4, -0.2) is 72.3 Å². The van der Waals surface area contributed by atoms with Crippen LogP contribution in [0.3, 0.4) is 0 Å². The van der Waals surface area contributed by atoms with Gasteiger partial charge in [-0.3, -0.25) is 4.79 Å². The van der Waals surface area contributed by atoms with Crippen molar-refractivity contribution in [1.82, 2.24) is 0 Å². The molecule has 1 rings (SSSR count). The molecule has 0 bridgehead atoms. The maximum absolute atomic E-state index is 13.9.